The lowest BCUT2D eigenvalue weighted by Gasteiger charge is -2.26. The first kappa shape index (κ1) is 41.5. The first-order valence-corrected chi connectivity index (χ1v) is 24.1. The average Bonchev–Trinajstić information content (AvgIpc) is 3.44. The molecule has 0 unspecified atom stereocenters. The van der Waals surface area contributed by atoms with Gasteiger partial charge in [-0.05, 0) is 97.1 Å². The molecule has 0 aliphatic heterocycles. The normalized spacial score (nSPS) is 12.0. The maximum Gasteiger partial charge on any atom is 0.263 e. The summed E-state index contributed by atoms with van der Waals surface area (Å²) >= 11 is 0. The fourth-order valence-corrected chi connectivity index (χ4v) is 11.3. The van der Waals surface area contributed by atoms with Gasteiger partial charge >= 0.3 is 0 Å². The van der Waals surface area contributed by atoms with E-state index in [4.69, 9.17) is 18.9 Å². The quantitative estimate of drug-likeness (QED) is 0.109. The molecule has 0 spiro atoms. The van der Waals surface area contributed by atoms with Gasteiger partial charge in [-0.1, -0.05) is 97.1 Å². The minimum atomic E-state index is -0.367. The smallest absolute Gasteiger partial charge is 0.263 e. The summed E-state index contributed by atoms with van der Waals surface area (Å²) in [4.78, 5) is 59.7. The molecule has 0 fully saturated rings. The number of rotatable bonds is 8. The van der Waals surface area contributed by atoms with Gasteiger partial charge in [0.15, 0.2) is 10.9 Å². The van der Waals surface area contributed by atoms with E-state index in [1.165, 1.54) is 12.1 Å². The number of ether oxygens (including phenoxy) is 4. The van der Waals surface area contributed by atoms with Gasteiger partial charge in [-0.25, -0.2) is 0 Å². The standard InChI is InChI=1S/C64H34N2O8/c67-49-33-47-41-29-51(71-35-17-5-1-6-18-35)57-59-53(73-37-21-9-3-10-22-37)31-44-56-42(48-34-50(68)40-26-14-16-28-46(40)66(48)64(44)70)30-52(72-36-19-7-2-8-20-36)58(62(56)59)60-54(74-38-23-11-4-12-24-38)32-43(55(41)61(57)60)63(69)65(47)45-27-15-13-25-39(45)49/h1-34H. The topological polar surface area (TPSA) is 114 Å². The molecule has 0 atom stereocenters. The highest BCUT2D eigenvalue weighted by molar-refractivity contribution is 6.45. The lowest BCUT2D eigenvalue weighted by Crippen LogP contribution is -2.19. The molecule has 15 aromatic rings. The van der Waals surface area contributed by atoms with Gasteiger partial charge in [-0.3, -0.25) is 28.0 Å². The molecule has 0 saturated heterocycles. The van der Waals surface area contributed by atoms with Crippen LogP contribution in [-0.2, 0) is 0 Å². The zero-order valence-corrected chi connectivity index (χ0v) is 38.8. The predicted octanol–water partition coefficient (Wildman–Crippen LogP) is 14.3. The highest BCUT2D eigenvalue weighted by Gasteiger charge is 2.32. The van der Waals surface area contributed by atoms with E-state index in [9.17, 15) is 9.59 Å². The molecule has 348 valence electrons. The summed E-state index contributed by atoms with van der Waals surface area (Å²) in [5, 5.41) is 6.93. The summed E-state index contributed by atoms with van der Waals surface area (Å²) in [6, 6.07) is 62.0. The third-order valence-electron chi connectivity index (χ3n) is 14.3. The van der Waals surface area contributed by atoms with E-state index in [1.54, 1.807) is 57.3 Å². The number of aromatic nitrogens is 2. The molecule has 4 aromatic heterocycles. The highest BCUT2D eigenvalue weighted by atomic mass is 16.5. The largest absolute Gasteiger partial charge is 0.457 e. The summed E-state index contributed by atoms with van der Waals surface area (Å²) in [5.74, 6) is 3.36. The van der Waals surface area contributed by atoms with E-state index >= 15 is 9.59 Å². The SMILES string of the molecule is O=c1cc2c3cc(Oc4ccccc4)c4c5c(Oc6ccccc6)cc6c(=O)n7c8ccccc8c(=O)cc7c7cc(Oc8ccccc8)c(c8c(Oc9ccccc9)cc(c(=O)n2c2ccccc12)c3c84)c5c67. The Morgan fingerprint density at radius 3 is 0.851 bits per heavy atom. The number of hydrogen-bond acceptors (Lipinski definition) is 8. The molecule has 0 amide bonds. The van der Waals surface area contributed by atoms with Crippen molar-refractivity contribution in [1.29, 1.82) is 0 Å². The van der Waals surface area contributed by atoms with Crippen LogP contribution in [0.1, 0.15) is 0 Å². The van der Waals surface area contributed by atoms with Crippen LogP contribution in [0.2, 0.25) is 0 Å². The highest BCUT2D eigenvalue weighted by Crippen LogP contribution is 2.57. The van der Waals surface area contributed by atoms with Crippen molar-refractivity contribution >= 4 is 97.5 Å². The van der Waals surface area contributed by atoms with Crippen LogP contribution in [0.25, 0.3) is 97.5 Å². The van der Waals surface area contributed by atoms with Crippen molar-refractivity contribution in [3.63, 3.8) is 0 Å². The Morgan fingerprint density at radius 2 is 0.527 bits per heavy atom. The van der Waals surface area contributed by atoms with Gasteiger partial charge in [0.2, 0.25) is 0 Å². The summed E-state index contributed by atoms with van der Waals surface area (Å²) in [7, 11) is 0. The van der Waals surface area contributed by atoms with Crippen molar-refractivity contribution in [1.82, 2.24) is 8.80 Å². The van der Waals surface area contributed by atoms with Crippen molar-refractivity contribution in [2.45, 2.75) is 0 Å². The number of benzene rings is 11. The molecular formula is C64H34N2O8. The van der Waals surface area contributed by atoms with Crippen LogP contribution < -0.4 is 40.9 Å². The Balaban J connectivity index is 1.27. The molecule has 10 heteroatoms. The second-order valence-electron chi connectivity index (χ2n) is 18.5. The average molecular weight is 959 g/mol. The first-order chi connectivity index (χ1) is 36.4. The summed E-state index contributed by atoms with van der Waals surface area (Å²) in [5.41, 5.74) is 0.442. The van der Waals surface area contributed by atoms with Crippen LogP contribution in [0, 0.1) is 0 Å². The lowest BCUT2D eigenvalue weighted by molar-refractivity contribution is 0.483. The van der Waals surface area contributed by atoms with Gasteiger partial charge in [0, 0.05) is 76.8 Å². The Morgan fingerprint density at radius 1 is 0.243 bits per heavy atom. The molecule has 0 bridgehead atoms. The fraction of sp³-hybridized carbons (Fsp3) is 0. The van der Waals surface area contributed by atoms with Crippen LogP contribution in [0.15, 0.2) is 225 Å². The van der Waals surface area contributed by atoms with Gasteiger partial charge in [-0.2, -0.15) is 0 Å². The van der Waals surface area contributed by atoms with Crippen molar-refractivity contribution < 1.29 is 18.9 Å². The van der Waals surface area contributed by atoms with Gasteiger partial charge in [-0.15, -0.1) is 0 Å². The van der Waals surface area contributed by atoms with Crippen LogP contribution in [0.3, 0.4) is 0 Å². The van der Waals surface area contributed by atoms with Gasteiger partial charge < -0.3 is 18.9 Å². The molecule has 15 rings (SSSR count). The van der Waals surface area contributed by atoms with E-state index in [-0.39, 0.29) is 22.0 Å². The number of hydrogen-bond donors (Lipinski definition) is 0. The monoisotopic (exact) mass is 958 g/mol. The molecule has 0 aliphatic carbocycles. The number of para-hydroxylation sites is 6. The molecule has 4 heterocycles. The van der Waals surface area contributed by atoms with Crippen LogP contribution >= 0.6 is 0 Å². The number of pyridine rings is 4. The molecule has 74 heavy (non-hydrogen) atoms. The summed E-state index contributed by atoms with van der Waals surface area (Å²) in [6.45, 7) is 0. The Kier molecular flexibility index (Phi) is 8.73. The van der Waals surface area contributed by atoms with Crippen molar-refractivity contribution in [2.75, 3.05) is 0 Å². The van der Waals surface area contributed by atoms with Gasteiger partial charge in [0.05, 0.1) is 32.8 Å². The van der Waals surface area contributed by atoms with Crippen molar-refractivity contribution in [2.24, 2.45) is 0 Å². The van der Waals surface area contributed by atoms with Gasteiger partial charge in [0.1, 0.15) is 46.0 Å². The number of nitrogens with zero attached hydrogens (tertiary/aromatic N) is 2. The fourth-order valence-electron chi connectivity index (χ4n) is 11.3. The van der Waals surface area contributed by atoms with E-state index in [2.05, 4.69) is 0 Å². The minimum absolute atomic E-state index is 0.249. The van der Waals surface area contributed by atoms with Crippen LogP contribution in [-0.4, -0.2) is 8.80 Å². The van der Waals surface area contributed by atoms with Crippen molar-refractivity contribution in [3.8, 4) is 46.0 Å². The molecule has 10 nitrogen and oxygen atoms in total. The van der Waals surface area contributed by atoms with E-state index in [1.807, 2.05) is 146 Å². The second-order valence-corrected chi connectivity index (χ2v) is 18.5. The molecule has 0 N–H and O–H groups in total. The van der Waals surface area contributed by atoms with E-state index in [0.29, 0.717) is 143 Å². The first-order valence-electron chi connectivity index (χ1n) is 24.1. The molecule has 0 radical (unpaired) electrons. The Labute approximate surface area is 416 Å². The molecule has 0 saturated carbocycles. The Hall–Kier alpha value is -10.3. The maximum atomic E-state index is 15.7. The molecule has 0 aliphatic rings. The van der Waals surface area contributed by atoms with Crippen LogP contribution in [0.5, 0.6) is 46.0 Å². The zero-order valence-electron chi connectivity index (χ0n) is 38.8. The molecular weight excluding hydrogens is 925 g/mol. The lowest BCUT2D eigenvalue weighted by atomic mass is 9.83. The predicted molar refractivity (Wildman–Crippen MR) is 293 cm³/mol. The second kappa shape index (κ2) is 15.6. The summed E-state index contributed by atoms with van der Waals surface area (Å²) in [6.07, 6.45) is 0. The third kappa shape index (κ3) is 5.93. The van der Waals surface area contributed by atoms with Gasteiger partial charge in [0.25, 0.3) is 11.1 Å². The molecule has 11 aromatic carbocycles. The Bertz CT molecular complexity index is 4740. The zero-order chi connectivity index (χ0) is 49.3. The van der Waals surface area contributed by atoms with Crippen molar-refractivity contribution in [3.05, 3.63) is 247 Å². The number of fused-ring (bicyclic) bond motifs is 10. The van der Waals surface area contributed by atoms with E-state index in [0.717, 1.165) is 0 Å². The van der Waals surface area contributed by atoms with E-state index < -0.39 is 0 Å². The minimum Gasteiger partial charge on any atom is -0.457 e. The third-order valence-corrected chi connectivity index (χ3v) is 14.3. The maximum absolute atomic E-state index is 15.7. The summed E-state index contributed by atoms with van der Waals surface area (Å²) < 4.78 is 31.6. The van der Waals surface area contributed by atoms with Crippen LogP contribution in [0.4, 0.5) is 0 Å².